The zero-order valence-electron chi connectivity index (χ0n) is 8.32. The van der Waals surface area contributed by atoms with Gasteiger partial charge in [0.1, 0.15) is 0 Å². The molecule has 0 spiro atoms. The highest BCUT2D eigenvalue weighted by molar-refractivity contribution is 4.77. The Morgan fingerprint density at radius 1 is 1.50 bits per heavy atom. The molecule has 1 aliphatic rings. The van der Waals surface area contributed by atoms with E-state index in [1.54, 1.807) is 0 Å². The summed E-state index contributed by atoms with van der Waals surface area (Å²) in [5, 5.41) is 9.23. The molecule has 12 heavy (non-hydrogen) atoms. The van der Waals surface area contributed by atoms with E-state index in [1.807, 2.05) is 6.92 Å². The van der Waals surface area contributed by atoms with Gasteiger partial charge in [0, 0.05) is 32.2 Å². The highest BCUT2D eigenvalue weighted by atomic mass is 16.3. The van der Waals surface area contributed by atoms with Crippen molar-refractivity contribution in [2.24, 2.45) is 0 Å². The highest BCUT2D eigenvalue weighted by Gasteiger charge is 2.21. The third kappa shape index (κ3) is 2.73. The zero-order chi connectivity index (χ0) is 9.14. The van der Waals surface area contributed by atoms with E-state index in [9.17, 15) is 5.11 Å². The van der Waals surface area contributed by atoms with Crippen LogP contribution < -0.4 is 0 Å². The lowest BCUT2D eigenvalue weighted by Crippen LogP contribution is -2.52. The maximum Gasteiger partial charge on any atom is 0.0639 e. The Morgan fingerprint density at radius 2 is 2.17 bits per heavy atom. The van der Waals surface area contributed by atoms with Crippen LogP contribution in [0.25, 0.3) is 0 Å². The molecule has 0 aromatic heterocycles. The van der Waals surface area contributed by atoms with Gasteiger partial charge in [0.05, 0.1) is 6.10 Å². The van der Waals surface area contributed by atoms with Gasteiger partial charge in [-0.15, -0.1) is 0 Å². The summed E-state index contributed by atoms with van der Waals surface area (Å²) in [4.78, 5) is 4.69. The van der Waals surface area contributed by atoms with Crippen LogP contribution in [-0.4, -0.2) is 60.3 Å². The fourth-order valence-corrected chi connectivity index (χ4v) is 1.79. The van der Waals surface area contributed by atoms with Crippen molar-refractivity contribution >= 4 is 0 Å². The molecule has 2 atom stereocenters. The van der Waals surface area contributed by atoms with Crippen LogP contribution in [0.2, 0.25) is 0 Å². The molecule has 72 valence electrons. The lowest BCUT2D eigenvalue weighted by molar-refractivity contribution is 0.0545. The molecule has 1 aliphatic heterocycles. The maximum absolute atomic E-state index is 9.23. The van der Waals surface area contributed by atoms with E-state index in [2.05, 4.69) is 23.8 Å². The molecule has 0 amide bonds. The Hall–Kier alpha value is -0.120. The number of nitrogens with zero attached hydrogens (tertiary/aromatic N) is 2. The van der Waals surface area contributed by atoms with Gasteiger partial charge in [-0.2, -0.15) is 0 Å². The van der Waals surface area contributed by atoms with Crippen molar-refractivity contribution in [3.05, 3.63) is 0 Å². The molecule has 0 aromatic carbocycles. The SMILES string of the molecule is CC(O)CN1CCN(C)CC1C. The first-order valence-corrected chi connectivity index (χ1v) is 4.70. The lowest BCUT2D eigenvalue weighted by atomic mass is 10.2. The minimum Gasteiger partial charge on any atom is -0.392 e. The Bertz CT molecular complexity index is 138. The van der Waals surface area contributed by atoms with Crippen LogP contribution in [0.15, 0.2) is 0 Å². The van der Waals surface area contributed by atoms with Crippen LogP contribution in [0.1, 0.15) is 13.8 Å². The van der Waals surface area contributed by atoms with E-state index in [1.165, 1.54) is 0 Å². The Morgan fingerprint density at radius 3 is 2.67 bits per heavy atom. The maximum atomic E-state index is 9.23. The van der Waals surface area contributed by atoms with Crippen molar-refractivity contribution in [1.82, 2.24) is 9.80 Å². The van der Waals surface area contributed by atoms with Gasteiger partial charge in [-0.05, 0) is 20.9 Å². The van der Waals surface area contributed by atoms with E-state index < -0.39 is 0 Å². The van der Waals surface area contributed by atoms with E-state index >= 15 is 0 Å². The number of aliphatic hydroxyl groups is 1. The number of piperazine rings is 1. The van der Waals surface area contributed by atoms with Crippen LogP contribution in [0.3, 0.4) is 0 Å². The first-order valence-electron chi connectivity index (χ1n) is 4.70. The summed E-state index contributed by atoms with van der Waals surface area (Å²) in [7, 11) is 2.15. The van der Waals surface area contributed by atoms with E-state index in [-0.39, 0.29) is 6.10 Å². The summed E-state index contributed by atoms with van der Waals surface area (Å²) in [5.41, 5.74) is 0. The summed E-state index contributed by atoms with van der Waals surface area (Å²) < 4.78 is 0. The van der Waals surface area contributed by atoms with Gasteiger partial charge in [0.25, 0.3) is 0 Å². The van der Waals surface area contributed by atoms with Gasteiger partial charge in [-0.3, -0.25) is 4.90 Å². The predicted molar refractivity (Wildman–Crippen MR) is 50.2 cm³/mol. The Kier molecular flexibility index (Phi) is 3.50. The van der Waals surface area contributed by atoms with E-state index in [4.69, 9.17) is 0 Å². The normalized spacial score (nSPS) is 30.5. The number of rotatable bonds is 2. The topological polar surface area (TPSA) is 26.7 Å². The van der Waals surface area contributed by atoms with Gasteiger partial charge in [0.15, 0.2) is 0 Å². The van der Waals surface area contributed by atoms with Crippen molar-refractivity contribution < 1.29 is 5.11 Å². The number of β-amino-alcohol motifs (C(OH)–C–C–N with tert-alkyl or cyclic N) is 1. The molecule has 1 N–H and O–H groups in total. The predicted octanol–water partition coefficient (Wildman–Crippen LogP) is 0.00310. The average Bonchev–Trinajstić information content (AvgIpc) is 1.94. The molecule has 0 bridgehead atoms. The first kappa shape index (κ1) is 9.96. The van der Waals surface area contributed by atoms with Crippen molar-refractivity contribution in [1.29, 1.82) is 0 Å². The quantitative estimate of drug-likeness (QED) is 0.635. The second-order valence-corrected chi connectivity index (χ2v) is 3.96. The van der Waals surface area contributed by atoms with Crippen LogP contribution >= 0.6 is 0 Å². The minimum atomic E-state index is -0.198. The van der Waals surface area contributed by atoms with Gasteiger partial charge < -0.3 is 10.0 Å². The summed E-state index contributed by atoms with van der Waals surface area (Å²) in [6.45, 7) is 8.21. The lowest BCUT2D eigenvalue weighted by Gasteiger charge is -2.38. The van der Waals surface area contributed by atoms with E-state index in [0.29, 0.717) is 6.04 Å². The fraction of sp³-hybridized carbons (Fsp3) is 1.00. The molecule has 1 heterocycles. The molecule has 0 radical (unpaired) electrons. The van der Waals surface area contributed by atoms with Crippen LogP contribution in [0.4, 0.5) is 0 Å². The molecule has 2 unspecified atom stereocenters. The summed E-state index contributed by atoms with van der Waals surface area (Å²) >= 11 is 0. The molecule has 0 saturated carbocycles. The fourth-order valence-electron chi connectivity index (χ4n) is 1.79. The molecule has 1 rings (SSSR count). The number of hydrogen-bond acceptors (Lipinski definition) is 3. The summed E-state index contributed by atoms with van der Waals surface area (Å²) in [6.07, 6.45) is -0.198. The monoisotopic (exact) mass is 172 g/mol. The van der Waals surface area contributed by atoms with Crippen LogP contribution in [0, 0.1) is 0 Å². The molecule has 0 aliphatic carbocycles. The largest absolute Gasteiger partial charge is 0.392 e. The number of likely N-dealkylation sites (N-methyl/N-ethyl adjacent to an activating group) is 1. The standard InChI is InChI=1S/C9H20N2O/c1-8-6-10(3)4-5-11(8)7-9(2)12/h8-9,12H,4-7H2,1-3H3. The molecule has 3 nitrogen and oxygen atoms in total. The summed E-state index contributed by atoms with van der Waals surface area (Å²) in [6, 6.07) is 0.582. The Balaban J connectivity index is 2.34. The minimum absolute atomic E-state index is 0.198. The summed E-state index contributed by atoms with van der Waals surface area (Å²) in [5.74, 6) is 0. The van der Waals surface area contributed by atoms with Crippen molar-refractivity contribution in [2.75, 3.05) is 33.2 Å². The molecule has 3 heteroatoms. The van der Waals surface area contributed by atoms with Crippen molar-refractivity contribution in [2.45, 2.75) is 26.0 Å². The Labute approximate surface area is 75.0 Å². The third-order valence-corrected chi connectivity index (χ3v) is 2.47. The second kappa shape index (κ2) is 4.21. The van der Waals surface area contributed by atoms with Gasteiger partial charge in [-0.25, -0.2) is 0 Å². The highest BCUT2D eigenvalue weighted by Crippen LogP contribution is 2.07. The van der Waals surface area contributed by atoms with Crippen molar-refractivity contribution in [3.8, 4) is 0 Å². The zero-order valence-corrected chi connectivity index (χ0v) is 8.32. The van der Waals surface area contributed by atoms with Crippen LogP contribution in [-0.2, 0) is 0 Å². The second-order valence-electron chi connectivity index (χ2n) is 3.96. The van der Waals surface area contributed by atoms with Crippen LogP contribution in [0.5, 0.6) is 0 Å². The molecule has 0 aromatic rings. The molecule has 1 saturated heterocycles. The number of hydrogen-bond donors (Lipinski definition) is 1. The first-order chi connectivity index (χ1) is 5.59. The van der Waals surface area contributed by atoms with Crippen molar-refractivity contribution in [3.63, 3.8) is 0 Å². The van der Waals surface area contributed by atoms with Gasteiger partial charge in [-0.1, -0.05) is 0 Å². The number of aliphatic hydroxyl groups excluding tert-OH is 1. The molecular weight excluding hydrogens is 152 g/mol. The molecule has 1 fully saturated rings. The smallest absolute Gasteiger partial charge is 0.0639 e. The van der Waals surface area contributed by atoms with Gasteiger partial charge >= 0.3 is 0 Å². The van der Waals surface area contributed by atoms with E-state index in [0.717, 1.165) is 26.2 Å². The third-order valence-electron chi connectivity index (χ3n) is 2.47. The average molecular weight is 172 g/mol. The molecular formula is C9H20N2O. The van der Waals surface area contributed by atoms with Gasteiger partial charge in [0.2, 0.25) is 0 Å².